The summed E-state index contributed by atoms with van der Waals surface area (Å²) < 4.78 is 44.2. The molecule has 2 N–H and O–H groups in total. The quantitative estimate of drug-likeness (QED) is 0.575. The first-order valence-electron chi connectivity index (χ1n) is 8.63. The maximum absolute atomic E-state index is 13.0. The minimum atomic E-state index is -4.67. The molecule has 7 nitrogen and oxygen atoms in total. The number of amides is 4. The Morgan fingerprint density at radius 1 is 1.13 bits per heavy atom. The normalized spacial score (nSPS) is 15.3. The summed E-state index contributed by atoms with van der Waals surface area (Å²) in [7, 11) is 1.50. The van der Waals surface area contributed by atoms with Gasteiger partial charge in [0.1, 0.15) is 18.0 Å². The van der Waals surface area contributed by atoms with Crippen molar-refractivity contribution < 1.29 is 32.3 Å². The molecule has 10 heteroatoms. The van der Waals surface area contributed by atoms with Crippen molar-refractivity contribution in [3.8, 4) is 5.75 Å². The number of methoxy groups -OCH3 is 1. The number of ether oxygens (including phenoxy) is 1. The molecule has 1 fully saturated rings. The van der Waals surface area contributed by atoms with Crippen molar-refractivity contribution in [1.29, 1.82) is 0 Å². The van der Waals surface area contributed by atoms with Gasteiger partial charge in [0.15, 0.2) is 0 Å². The highest BCUT2D eigenvalue weighted by Crippen LogP contribution is 2.34. The number of rotatable bonds is 5. The third kappa shape index (κ3) is 4.59. The molecule has 1 heterocycles. The minimum Gasteiger partial charge on any atom is -0.497 e. The van der Waals surface area contributed by atoms with E-state index in [0.29, 0.717) is 16.2 Å². The molecule has 2 aromatic carbocycles. The van der Waals surface area contributed by atoms with Crippen LogP contribution in [0.25, 0.3) is 6.08 Å². The summed E-state index contributed by atoms with van der Waals surface area (Å²) in [6, 6.07) is 10.2. The largest absolute Gasteiger partial charge is 0.497 e. The van der Waals surface area contributed by atoms with Gasteiger partial charge in [0, 0.05) is 0 Å². The molecule has 156 valence electrons. The summed E-state index contributed by atoms with van der Waals surface area (Å²) in [4.78, 5) is 37.3. The van der Waals surface area contributed by atoms with Crippen molar-refractivity contribution in [3.63, 3.8) is 0 Å². The van der Waals surface area contributed by atoms with E-state index in [1.807, 2.05) is 0 Å². The first kappa shape index (κ1) is 20.9. The van der Waals surface area contributed by atoms with Gasteiger partial charge in [-0.25, -0.2) is 9.69 Å². The van der Waals surface area contributed by atoms with Gasteiger partial charge in [0.25, 0.3) is 5.91 Å². The Hall–Kier alpha value is -3.82. The topological polar surface area (TPSA) is 87.7 Å². The van der Waals surface area contributed by atoms with E-state index in [4.69, 9.17) is 4.74 Å². The van der Waals surface area contributed by atoms with Crippen molar-refractivity contribution >= 4 is 29.6 Å². The van der Waals surface area contributed by atoms with Crippen molar-refractivity contribution in [3.05, 3.63) is 65.4 Å². The van der Waals surface area contributed by atoms with Crippen molar-refractivity contribution in [2.45, 2.75) is 6.18 Å². The molecule has 1 aliphatic heterocycles. The van der Waals surface area contributed by atoms with Gasteiger partial charge in [0.05, 0.1) is 18.4 Å². The number of para-hydroxylation sites is 1. The molecule has 30 heavy (non-hydrogen) atoms. The lowest BCUT2D eigenvalue weighted by atomic mass is 10.1. The number of benzene rings is 2. The number of hydrogen-bond donors (Lipinski definition) is 2. The molecule has 0 unspecified atom stereocenters. The van der Waals surface area contributed by atoms with E-state index >= 15 is 0 Å². The molecule has 0 spiro atoms. The Kier molecular flexibility index (Phi) is 5.77. The number of urea groups is 1. The highest BCUT2D eigenvalue weighted by molar-refractivity contribution is 6.16. The Labute approximate surface area is 169 Å². The average molecular weight is 419 g/mol. The average Bonchev–Trinajstić information content (AvgIpc) is 2.95. The SMILES string of the molecule is COc1ccc(/C=C2\NC(=O)N(CC(=O)Nc3ccccc3C(F)(F)F)C2=O)cc1. The number of carbonyl (C=O) groups is 3. The Balaban J connectivity index is 1.71. The fourth-order valence-corrected chi connectivity index (χ4v) is 2.75. The molecule has 0 bridgehead atoms. The monoisotopic (exact) mass is 419 g/mol. The predicted molar refractivity (Wildman–Crippen MR) is 101 cm³/mol. The molecule has 0 radical (unpaired) electrons. The Bertz CT molecular complexity index is 1020. The second-order valence-corrected chi connectivity index (χ2v) is 6.24. The molecule has 0 atom stereocenters. The molecule has 0 saturated carbocycles. The lowest BCUT2D eigenvalue weighted by Gasteiger charge is -2.15. The molecular weight excluding hydrogens is 403 g/mol. The number of alkyl halides is 3. The van der Waals surface area contributed by atoms with Crippen LogP contribution in [0.1, 0.15) is 11.1 Å². The first-order valence-corrected chi connectivity index (χ1v) is 8.63. The molecule has 0 aromatic heterocycles. The summed E-state index contributed by atoms with van der Waals surface area (Å²) in [5.74, 6) is -1.10. The number of hydrogen-bond acceptors (Lipinski definition) is 4. The van der Waals surface area contributed by atoms with Crippen LogP contribution in [-0.4, -0.2) is 36.4 Å². The molecule has 1 saturated heterocycles. The number of nitrogens with zero attached hydrogens (tertiary/aromatic N) is 1. The fourth-order valence-electron chi connectivity index (χ4n) is 2.75. The van der Waals surface area contributed by atoms with Gasteiger partial charge in [-0.05, 0) is 35.9 Å². The van der Waals surface area contributed by atoms with E-state index in [1.54, 1.807) is 24.3 Å². The smallest absolute Gasteiger partial charge is 0.418 e. The highest BCUT2D eigenvalue weighted by atomic mass is 19.4. The van der Waals surface area contributed by atoms with Gasteiger partial charge in [-0.3, -0.25) is 9.59 Å². The third-order valence-corrected chi connectivity index (χ3v) is 4.20. The van der Waals surface area contributed by atoms with Crippen LogP contribution in [0.5, 0.6) is 5.75 Å². The second kappa shape index (κ2) is 8.27. The zero-order chi connectivity index (χ0) is 21.9. The van der Waals surface area contributed by atoms with Gasteiger partial charge in [-0.2, -0.15) is 13.2 Å². The van der Waals surface area contributed by atoms with Gasteiger partial charge < -0.3 is 15.4 Å². The van der Waals surface area contributed by atoms with Gasteiger partial charge in [-0.15, -0.1) is 0 Å². The second-order valence-electron chi connectivity index (χ2n) is 6.24. The lowest BCUT2D eigenvalue weighted by molar-refractivity contribution is -0.137. The fraction of sp³-hybridized carbons (Fsp3) is 0.150. The van der Waals surface area contributed by atoms with E-state index in [0.717, 1.165) is 12.1 Å². The zero-order valence-electron chi connectivity index (χ0n) is 15.6. The van der Waals surface area contributed by atoms with Crippen molar-refractivity contribution in [2.75, 3.05) is 19.0 Å². The number of halogens is 3. The zero-order valence-corrected chi connectivity index (χ0v) is 15.6. The summed E-state index contributed by atoms with van der Waals surface area (Å²) >= 11 is 0. The van der Waals surface area contributed by atoms with Gasteiger partial charge in [-0.1, -0.05) is 24.3 Å². The van der Waals surface area contributed by atoms with E-state index < -0.39 is 41.8 Å². The summed E-state index contributed by atoms with van der Waals surface area (Å²) in [6.07, 6.45) is -3.25. The number of nitrogens with one attached hydrogen (secondary N) is 2. The highest BCUT2D eigenvalue weighted by Gasteiger charge is 2.36. The number of imide groups is 1. The third-order valence-electron chi connectivity index (χ3n) is 4.20. The van der Waals surface area contributed by atoms with Crippen LogP contribution in [0.2, 0.25) is 0 Å². The maximum atomic E-state index is 13.0. The minimum absolute atomic E-state index is 0.0614. The van der Waals surface area contributed by atoms with Gasteiger partial charge in [0.2, 0.25) is 5.91 Å². The van der Waals surface area contributed by atoms with Crippen LogP contribution in [0.3, 0.4) is 0 Å². The van der Waals surface area contributed by atoms with Crippen molar-refractivity contribution in [2.24, 2.45) is 0 Å². The van der Waals surface area contributed by atoms with E-state index in [1.165, 1.54) is 25.3 Å². The standard InChI is InChI=1S/C20H16F3N3O4/c1-30-13-8-6-12(7-9-13)10-16-18(28)26(19(29)25-16)11-17(27)24-15-5-3-2-4-14(15)20(21,22)23/h2-10H,11H2,1H3,(H,24,27)(H,25,29)/b16-10-. The number of anilines is 1. The molecular formula is C20H16F3N3O4. The Morgan fingerprint density at radius 3 is 2.43 bits per heavy atom. The summed E-state index contributed by atoms with van der Waals surface area (Å²) in [6.45, 7) is -0.739. The molecule has 1 aliphatic rings. The summed E-state index contributed by atoms with van der Waals surface area (Å²) in [5.41, 5.74) is -0.954. The summed E-state index contributed by atoms with van der Waals surface area (Å²) in [5, 5.41) is 4.44. The van der Waals surface area contributed by atoms with Crippen LogP contribution in [0.15, 0.2) is 54.2 Å². The van der Waals surface area contributed by atoms with Crippen molar-refractivity contribution in [1.82, 2.24) is 10.2 Å². The molecule has 3 rings (SSSR count). The molecule has 4 amide bonds. The molecule has 2 aromatic rings. The van der Waals surface area contributed by atoms with Crippen LogP contribution < -0.4 is 15.4 Å². The van der Waals surface area contributed by atoms with Gasteiger partial charge >= 0.3 is 12.2 Å². The predicted octanol–water partition coefficient (Wildman–Crippen LogP) is 3.25. The van der Waals surface area contributed by atoms with Crippen LogP contribution >= 0.6 is 0 Å². The molecule has 0 aliphatic carbocycles. The van der Waals surface area contributed by atoms with E-state index in [-0.39, 0.29) is 5.70 Å². The first-order chi connectivity index (χ1) is 14.2. The van der Waals surface area contributed by atoms with Crippen LogP contribution in [-0.2, 0) is 15.8 Å². The Morgan fingerprint density at radius 2 is 1.80 bits per heavy atom. The number of carbonyl (C=O) groups excluding carboxylic acids is 3. The van der Waals surface area contributed by atoms with E-state index in [9.17, 15) is 27.6 Å². The van der Waals surface area contributed by atoms with E-state index in [2.05, 4.69) is 10.6 Å². The maximum Gasteiger partial charge on any atom is 0.418 e. The van der Waals surface area contributed by atoms with Crippen LogP contribution in [0.4, 0.5) is 23.7 Å². The lowest BCUT2D eigenvalue weighted by Crippen LogP contribution is -2.38. The van der Waals surface area contributed by atoms with Crippen LogP contribution in [0, 0.1) is 0 Å².